The fraction of sp³-hybridized carbons (Fsp3) is 0.353. The van der Waals surface area contributed by atoms with Crippen molar-refractivity contribution in [2.45, 2.75) is 37.8 Å². The first kappa shape index (κ1) is 38.1. The van der Waals surface area contributed by atoms with Crippen molar-refractivity contribution in [3.05, 3.63) is 82.7 Å². The number of nitrogens with two attached hydrogens (primary N) is 2. The number of hydrogen-bond donors (Lipinski definition) is 4. The minimum absolute atomic E-state index is 0.0194. The van der Waals surface area contributed by atoms with E-state index >= 15 is 0 Å². The van der Waals surface area contributed by atoms with Crippen LogP contribution in [0.15, 0.2) is 48.8 Å². The molecule has 4 heterocycles. The van der Waals surface area contributed by atoms with Crippen molar-refractivity contribution in [2.75, 3.05) is 59.3 Å². The molecule has 6 N–H and O–H groups in total. The Hall–Kier alpha value is -5.10. The first-order valence-corrected chi connectivity index (χ1v) is 19.2. The van der Waals surface area contributed by atoms with Gasteiger partial charge in [0.05, 0.1) is 48.0 Å². The number of ether oxygens (including phenoxy) is 2. The molecule has 0 amide bonds. The number of halogens is 2. The molecule has 2 fully saturated rings. The van der Waals surface area contributed by atoms with Crippen LogP contribution in [0.2, 0.25) is 0 Å². The molecule has 2 saturated heterocycles. The second-order valence-corrected chi connectivity index (χ2v) is 15.5. The zero-order valence-electron chi connectivity index (χ0n) is 28.4. The molecular weight excluding hydrogens is 719 g/mol. The highest BCUT2D eigenvalue weighted by molar-refractivity contribution is 7.99. The van der Waals surface area contributed by atoms with Crippen LogP contribution >= 0.6 is 11.8 Å². The van der Waals surface area contributed by atoms with Crippen LogP contribution in [0, 0.1) is 11.6 Å². The number of rotatable bonds is 10. The molecule has 4 aromatic rings. The van der Waals surface area contributed by atoms with Crippen LogP contribution < -0.4 is 31.6 Å². The number of methoxy groups -OCH3 is 2. The summed E-state index contributed by atoms with van der Waals surface area (Å²) >= 11 is 1.93. The van der Waals surface area contributed by atoms with E-state index in [0.717, 1.165) is 36.5 Å². The molecule has 14 nitrogen and oxygen atoms in total. The molecule has 0 bridgehead atoms. The van der Waals surface area contributed by atoms with Crippen LogP contribution in [-0.4, -0.2) is 89.2 Å². The van der Waals surface area contributed by atoms with Crippen molar-refractivity contribution in [2.24, 2.45) is 0 Å². The van der Waals surface area contributed by atoms with Crippen molar-refractivity contribution in [1.29, 1.82) is 0 Å². The highest BCUT2D eigenvalue weighted by Crippen LogP contribution is 2.27. The van der Waals surface area contributed by atoms with Gasteiger partial charge in [0.15, 0.2) is 0 Å². The molecule has 0 spiro atoms. The van der Waals surface area contributed by atoms with E-state index in [4.69, 9.17) is 20.9 Å². The molecule has 18 heteroatoms. The fourth-order valence-corrected chi connectivity index (χ4v) is 8.12. The molecular formula is C34H38F2N8O6S2. The molecule has 0 atom stereocenters. The van der Waals surface area contributed by atoms with Crippen molar-refractivity contribution in [3.63, 3.8) is 0 Å². The largest absolute Gasteiger partial charge is 0.496 e. The summed E-state index contributed by atoms with van der Waals surface area (Å²) in [6, 6.07) is 7.58. The highest BCUT2D eigenvalue weighted by Gasteiger charge is 2.25. The Morgan fingerprint density at radius 3 is 1.56 bits per heavy atom. The average molecular weight is 757 g/mol. The predicted molar refractivity (Wildman–Crippen MR) is 195 cm³/mol. The maximum absolute atomic E-state index is 13.5. The molecule has 6 rings (SSSR count). The lowest BCUT2D eigenvalue weighted by molar-refractivity contribution is 0.102. The fourth-order valence-electron chi connectivity index (χ4n) is 5.53. The van der Waals surface area contributed by atoms with E-state index in [0.29, 0.717) is 24.8 Å². The van der Waals surface area contributed by atoms with E-state index in [1.165, 1.54) is 50.9 Å². The third-order valence-electron chi connectivity index (χ3n) is 8.38. The number of nitrogens with one attached hydrogen (secondary N) is 2. The topological polar surface area (TPSA) is 214 Å². The van der Waals surface area contributed by atoms with E-state index in [-0.39, 0.29) is 68.9 Å². The predicted octanol–water partition coefficient (Wildman–Crippen LogP) is 4.17. The third-order valence-corrected chi connectivity index (χ3v) is 11.1. The molecule has 0 radical (unpaired) electrons. The summed E-state index contributed by atoms with van der Waals surface area (Å²) in [6.07, 6.45) is 5.61. The summed E-state index contributed by atoms with van der Waals surface area (Å²) in [5.41, 5.74) is 12.1. The van der Waals surface area contributed by atoms with Gasteiger partial charge in [-0.1, -0.05) is 0 Å². The van der Waals surface area contributed by atoms with Crippen molar-refractivity contribution in [3.8, 4) is 11.5 Å². The molecule has 2 aliphatic heterocycles. The van der Waals surface area contributed by atoms with Gasteiger partial charge in [-0.3, -0.25) is 9.59 Å². The van der Waals surface area contributed by atoms with Gasteiger partial charge < -0.3 is 31.6 Å². The second kappa shape index (κ2) is 16.9. The van der Waals surface area contributed by atoms with Crippen LogP contribution in [0.5, 0.6) is 11.5 Å². The van der Waals surface area contributed by atoms with Crippen LogP contribution in [0.1, 0.15) is 57.5 Å². The zero-order valence-corrected chi connectivity index (χ0v) is 30.0. The molecule has 2 aromatic heterocycles. The lowest BCUT2D eigenvalue weighted by Crippen LogP contribution is -2.32. The smallest absolute Gasteiger partial charge is 0.224 e. The molecule has 52 heavy (non-hydrogen) atoms. The van der Waals surface area contributed by atoms with Gasteiger partial charge in [-0.25, -0.2) is 27.2 Å². The molecule has 276 valence electrons. The summed E-state index contributed by atoms with van der Waals surface area (Å²) in [5, 5.41) is 6.28. The number of hydrogen-bond acceptors (Lipinski definition) is 15. The number of nitrogen functional groups attached to an aromatic ring is 2. The standard InChI is InChI=1S/C17H19FN4O4S.C17H19FN4O2S/c1-26-14-3-2-10(18)8-12(14)15(23)13-9-20-17(22-16(13)19)21-11-4-6-27(24,25)7-5-11;1-24-14-3-2-10(18)8-12(14)15(23)13-9-20-17(22-16(13)19)21-11-4-6-25-7-5-11/h2-3,8-9,11H,4-7H2,1H3,(H3,19,20,21,22);2-3,8-9,11H,4-7H2,1H3,(H3,19,20,21,22). The number of nitrogens with zero attached hydrogens (tertiary/aromatic N) is 4. The SMILES string of the molecule is COc1ccc(F)cc1C(=O)c1cnc(NC2CCS(=O)(=O)CC2)nc1N.COc1ccc(F)cc1C(=O)c1cnc(NC2CCSCC2)nc1N. The second-order valence-electron chi connectivity index (χ2n) is 11.9. The minimum Gasteiger partial charge on any atom is -0.496 e. The Morgan fingerprint density at radius 2 is 1.15 bits per heavy atom. The third kappa shape index (κ3) is 9.61. The Kier molecular flexibility index (Phi) is 12.4. The molecule has 2 aliphatic rings. The summed E-state index contributed by atoms with van der Waals surface area (Å²) < 4.78 is 60.2. The Morgan fingerprint density at radius 1 is 0.731 bits per heavy atom. The van der Waals surface area contributed by atoms with Gasteiger partial charge in [-0.05, 0) is 73.6 Å². The van der Waals surface area contributed by atoms with Gasteiger partial charge in [0.25, 0.3) is 0 Å². The number of benzene rings is 2. The first-order chi connectivity index (χ1) is 24.9. The highest BCUT2D eigenvalue weighted by atomic mass is 32.2. The summed E-state index contributed by atoms with van der Waals surface area (Å²) in [4.78, 5) is 41.9. The maximum Gasteiger partial charge on any atom is 0.224 e. The van der Waals surface area contributed by atoms with Gasteiger partial charge in [0.1, 0.15) is 44.6 Å². The van der Waals surface area contributed by atoms with Gasteiger partial charge in [-0.15, -0.1) is 0 Å². The van der Waals surface area contributed by atoms with Crippen molar-refractivity contribution >= 4 is 56.7 Å². The molecule has 0 unspecified atom stereocenters. The molecule has 0 saturated carbocycles. The number of sulfone groups is 1. The zero-order chi connectivity index (χ0) is 37.4. The number of thioether (sulfide) groups is 1. The van der Waals surface area contributed by atoms with Crippen LogP contribution in [0.25, 0.3) is 0 Å². The van der Waals surface area contributed by atoms with Gasteiger partial charge >= 0.3 is 0 Å². The normalized spacial score (nSPS) is 15.8. The van der Waals surface area contributed by atoms with Gasteiger partial charge in [-0.2, -0.15) is 21.7 Å². The van der Waals surface area contributed by atoms with Crippen molar-refractivity contribution < 1.29 is 36.3 Å². The number of anilines is 4. The number of carbonyl (C=O) groups is 2. The van der Waals surface area contributed by atoms with Gasteiger partial charge in [0, 0.05) is 24.5 Å². The number of aromatic nitrogens is 4. The van der Waals surface area contributed by atoms with E-state index in [2.05, 4.69) is 30.6 Å². The minimum atomic E-state index is -2.97. The van der Waals surface area contributed by atoms with Crippen LogP contribution in [-0.2, 0) is 9.84 Å². The number of carbonyl (C=O) groups excluding carboxylic acids is 2. The Bertz CT molecular complexity index is 2040. The first-order valence-electron chi connectivity index (χ1n) is 16.2. The Labute approximate surface area is 303 Å². The number of ketones is 2. The maximum atomic E-state index is 13.5. The average Bonchev–Trinajstić information content (AvgIpc) is 3.13. The summed E-state index contributed by atoms with van der Waals surface area (Å²) in [6.45, 7) is 0. The lowest BCUT2D eigenvalue weighted by Gasteiger charge is -2.23. The van der Waals surface area contributed by atoms with Crippen LogP contribution in [0.3, 0.4) is 0 Å². The summed E-state index contributed by atoms with van der Waals surface area (Å²) in [7, 11) is -0.175. The van der Waals surface area contributed by atoms with Crippen molar-refractivity contribution in [1.82, 2.24) is 19.9 Å². The van der Waals surface area contributed by atoms with Gasteiger partial charge in [0.2, 0.25) is 23.5 Å². The van der Waals surface area contributed by atoms with E-state index in [1.54, 1.807) is 0 Å². The summed E-state index contributed by atoms with van der Waals surface area (Å²) in [5.74, 6) is 1.36. The van der Waals surface area contributed by atoms with E-state index < -0.39 is 33.0 Å². The van der Waals surface area contributed by atoms with Crippen LogP contribution in [0.4, 0.5) is 32.3 Å². The van der Waals surface area contributed by atoms with E-state index in [9.17, 15) is 26.8 Å². The Balaban J connectivity index is 0.000000202. The molecule has 2 aromatic carbocycles. The van der Waals surface area contributed by atoms with E-state index in [1.807, 2.05) is 11.8 Å². The molecule has 0 aliphatic carbocycles. The monoisotopic (exact) mass is 756 g/mol. The quantitative estimate of drug-likeness (QED) is 0.167. The lowest BCUT2D eigenvalue weighted by atomic mass is 10.0.